The van der Waals surface area contributed by atoms with Gasteiger partial charge in [-0.3, -0.25) is 10.1 Å². The summed E-state index contributed by atoms with van der Waals surface area (Å²) in [4.78, 5) is 17.5. The number of amides is 1. The van der Waals surface area contributed by atoms with Crippen LogP contribution in [0.4, 0.5) is 5.13 Å². The van der Waals surface area contributed by atoms with Crippen molar-refractivity contribution in [3.05, 3.63) is 40.4 Å². The molecule has 0 fully saturated rings. The molecule has 7 heteroatoms. The van der Waals surface area contributed by atoms with Gasteiger partial charge in [-0.15, -0.1) is 0 Å². The molecular formula is C16H14N2O4S. The zero-order valence-electron chi connectivity index (χ0n) is 12.2. The SMILES string of the molecule is O=C(C=Cc1ccc2c(c1)OCO2)Nc1nc2c(s1)COCC2. The molecule has 118 valence electrons. The molecule has 3 heterocycles. The molecule has 23 heavy (non-hydrogen) atoms. The summed E-state index contributed by atoms with van der Waals surface area (Å²) in [6.45, 7) is 1.51. The van der Waals surface area contributed by atoms with Gasteiger partial charge in [-0.1, -0.05) is 17.4 Å². The number of nitrogens with zero attached hydrogens (tertiary/aromatic N) is 1. The first-order valence-corrected chi connectivity index (χ1v) is 8.04. The van der Waals surface area contributed by atoms with Crippen molar-refractivity contribution in [1.82, 2.24) is 4.98 Å². The van der Waals surface area contributed by atoms with Crippen molar-refractivity contribution in [2.75, 3.05) is 18.7 Å². The predicted octanol–water partition coefficient (Wildman–Crippen LogP) is 2.60. The first kappa shape index (κ1) is 14.2. The Morgan fingerprint density at radius 3 is 3.13 bits per heavy atom. The maximum absolute atomic E-state index is 12.0. The number of aromatic nitrogens is 1. The van der Waals surface area contributed by atoms with Crippen LogP contribution in [0.5, 0.6) is 11.5 Å². The van der Waals surface area contributed by atoms with E-state index < -0.39 is 0 Å². The highest BCUT2D eigenvalue weighted by Gasteiger charge is 2.16. The third-order valence-corrected chi connectivity index (χ3v) is 4.54. The van der Waals surface area contributed by atoms with Gasteiger partial charge in [0, 0.05) is 12.5 Å². The van der Waals surface area contributed by atoms with E-state index in [9.17, 15) is 4.79 Å². The van der Waals surface area contributed by atoms with Gasteiger partial charge in [-0.05, 0) is 23.8 Å². The number of hydrogen-bond acceptors (Lipinski definition) is 6. The molecule has 0 atom stereocenters. The quantitative estimate of drug-likeness (QED) is 0.876. The second-order valence-corrected chi connectivity index (χ2v) is 6.21. The van der Waals surface area contributed by atoms with E-state index in [1.807, 2.05) is 18.2 Å². The average Bonchev–Trinajstić information content (AvgIpc) is 3.18. The Bertz CT molecular complexity index is 761. The van der Waals surface area contributed by atoms with Crippen molar-refractivity contribution >= 4 is 28.5 Å². The van der Waals surface area contributed by atoms with Crippen LogP contribution in [0, 0.1) is 0 Å². The van der Waals surface area contributed by atoms with Crippen LogP contribution in [0.2, 0.25) is 0 Å². The molecule has 2 aliphatic heterocycles. The van der Waals surface area contributed by atoms with Crippen LogP contribution in [0.3, 0.4) is 0 Å². The number of carbonyl (C=O) groups excluding carboxylic acids is 1. The number of fused-ring (bicyclic) bond motifs is 2. The van der Waals surface area contributed by atoms with Crippen molar-refractivity contribution in [2.24, 2.45) is 0 Å². The lowest BCUT2D eigenvalue weighted by Gasteiger charge is -2.08. The molecule has 1 aromatic heterocycles. The second kappa shape index (κ2) is 6.02. The van der Waals surface area contributed by atoms with E-state index >= 15 is 0 Å². The molecule has 2 aliphatic rings. The fraction of sp³-hybridized carbons (Fsp3) is 0.250. The fourth-order valence-corrected chi connectivity index (χ4v) is 3.36. The first-order valence-electron chi connectivity index (χ1n) is 7.23. The van der Waals surface area contributed by atoms with Crippen molar-refractivity contribution in [3.63, 3.8) is 0 Å². The fourth-order valence-electron chi connectivity index (χ4n) is 2.41. The monoisotopic (exact) mass is 330 g/mol. The molecule has 1 amide bonds. The molecule has 0 radical (unpaired) electrons. The Hall–Kier alpha value is -2.38. The molecule has 0 unspecified atom stereocenters. The zero-order valence-corrected chi connectivity index (χ0v) is 13.0. The Morgan fingerprint density at radius 1 is 1.30 bits per heavy atom. The van der Waals surface area contributed by atoms with Crippen LogP contribution in [-0.2, 0) is 22.6 Å². The standard InChI is InChI=1S/C16H14N2O4S/c19-15(18-16-17-11-5-6-20-8-14(11)23-16)4-2-10-1-3-12-13(7-10)22-9-21-12/h1-4,7H,5-6,8-9H2,(H,17,18,19). The van der Waals surface area contributed by atoms with E-state index in [4.69, 9.17) is 14.2 Å². The minimum Gasteiger partial charge on any atom is -0.454 e. The Morgan fingerprint density at radius 2 is 2.22 bits per heavy atom. The van der Waals surface area contributed by atoms with Gasteiger partial charge >= 0.3 is 0 Å². The Balaban J connectivity index is 1.42. The molecular weight excluding hydrogens is 316 g/mol. The minimum absolute atomic E-state index is 0.213. The number of hydrogen-bond donors (Lipinski definition) is 1. The van der Waals surface area contributed by atoms with E-state index in [1.165, 1.54) is 17.4 Å². The van der Waals surface area contributed by atoms with Gasteiger partial charge < -0.3 is 14.2 Å². The topological polar surface area (TPSA) is 69.7 Å². The Labute approximate surface area is 136 Å². The van der Waals surface area contributed by atoms with Crippen LogP contribution in [0.25, 0.3) is 6.08 Å². The van der Waals surface area contributed by atoms with Crippen LogP contribution < -0.4 is 14.8 Å². The molecule has 2 aromatic rings. The number of nitrogens with one attached hydrogen (secondary N) is 1. The lowest BCUT2D eigenvalue weighted by atomic mass is 10.2. The summed E-state index contributed by atoms with van der Waals surface area (Å²) in [5, 5.41) is 3.40. The van der Waals surface area contributed by atoms with E-state index in [0.717, 1.165) is 28.3 Å². The molecule has 1 aromatic carbocycles. The Kier molecular flexibility index (Phi) is 3.72. The largest absolute Gasteiger partial charge is 0.454 e. The zero-order chi connectivity index (χ0) is 15.6. The summed E-state index contributed by atoms with van der Waals surface area (Å²) < 4.78 is 15.9. The van der Waals surface area contributed by atoms with E-state index in [0.29, 0.717) is 24.1 Å². The van der Waals surface area contributed by atoms with Crippen LogP contribution in [-0.4, -0.2) is 24.3 Å². The molecule has 0 saturated heterocycles. The van der Waals surface area contributed by atoms with Crippen molar-refractivity contribution < 1.29 is 19.0 Å². The number of ether oxygens (including phenoxy) is 3. The molecule has 0 spiro atoms. The third-order valence-electron chi connectivity index (χ3n) is 3.55. The number of carbonyl (C=O) groups is 1. The highest BCUT2D eigenvalue weighted by molar-refractivity contribution is 7.15. The van der Waals surface area contributed by atoms with Crippen LogP contribution in [0.1, 0.15) is 16.1 Å². The van der Waals surface area contributed by atoms with E-state index in [2.05, 4.69) is 10.3 Å². The predicted molar refractivity (Wildman–Crippen MR) is 85.7 cm³/mol. The molecule has 1 N–H and O–H groups in total. The first-order chi connectivity index (χ1) is 11.3. The van der Waals surface area contributed by atoms with Gasteiger partial charge in [0.1, 0.15) is 0 Å². The van der Waals surface area contributed by atoms with Gasteiger partial charge in [0.25, 0.3) is 0 Å². The lowest BCUT2D eigenvalue weighted by molar-refractivity contribution is -0.111. The normalized spacial score (nSPS) is 15.7. The molecule has 0 bridgehead atoms. The van der Waals surface area contributed by atoms with Gasteiger partial charge in [0.2, 0.25) is 12.7 Å². The van der Waals surface area contributed by atoms with Gasteiger partial charge in [-0.2, -0.15) is 0 Å². The number of benzene rings is 1. The molecule has 0 saturated carbocycles. The van der Waals surface area contributed by atoms with E-state index in [-0.39, 0.29) is 12.7 Å². The van der Waals surface area contributed by atoms with Crippen molar-refractivity contribution in [2.45, 2.75) is 13.0 Å². The summed E-state index contributed by atoms with van der Waals surface area (Å²) in [5.74, 6) is 1.21. The highest BCUT2D eigenvalue weighted by atomic mass is 32.1. The molecule has 4 rings (SSSR count). The van der Waals surface area contributed by atoms with Crippen molar-refractivity contribution in [3.8, 4) is 11.5 Å². The molecule has 6 nitrogen and oxygen atoms in total. The minimum atomic E-state index is -0.213. The smallest absolute Gasteiger partial charge is 0.250 e. The van der Waals surface area contributed by atoms with Gasteiger partial charge in [-0.25, -0.2) is 4.98 Å². The summed E-state index contributed by atoms with van der Waals surface area (Å²) in [6.07, 6.45) is 4.01. The van der Waals surface area contributed by atoms with Crippen LogP contribution >= 0.6 is 11.3 Å². The van der Waals surface area contributed by atoms with E-state index in [1.54, 1.807) is 6.08 Å². The summed E-state index contributed by atoms with van der Waals surface area (Å²) in [7, 11) is 0. The number of anilines is 1. The maximum atomic E-state index is 12.0. The average molecular weight is 330 g/mol. The van der Waals surface area contributed by atoms with Gasteiger partial charge in [0.15, 0.2) is 16.6 Å². The number of thiazole rings is 1. The van der Waals surface area contributed by atoms with Crippen molar-refractivity contribution in [1.29, 1.82) is 0 Å². The lowest BCUT2D eigenvalue weighted by Crippen LogP contribution is -2.09. The van der Waals surface area contributed by atoms with Gasteiger partial charge in [0.05, 0.1) is 23.8 Å². The molecule has 0 aliphatic carbocycles. The third kappa shape index (κ3) is 3.06. The summed E-state index contributed by atoms with van der Waals surface area (Å²) >= 11 is 1.46. The summed E-state index contributed by atoms with van der Waals surface area (Å²) in [5.41, 5.74) is 1.90. The number of rotatable bonds is 3. The summed E-state index contributed by atoms with van der Waals surface area (Å²) in [6, 6.07) is 5.54. The highest BCUT2D eigenvalue weighted by Crippen LogP contribution is 2.32. The second-order valence-electron chi connectivity index (χ2n) is 5.13. The van der Waals surface area contributed by atoms with Crippen LogP contribution in [0.15, 0.2) is 24.3 Å². The maximum Gasteiger partial charge on any atom is 0.250 e.